The molecule has 0 aromatic carbocycles. The second kappa shape index (κ2) is 7.64. The van der Waals surface area contributed by atoms with Crippen LogP contribution in [0, 0.1) is 13.8 Å². The number of carbonyl (C=O) groups excluding carboxylic acids is 1. The summed E-state index contributed by atoms with van der Waals surface area (Å²) in [5, 5.41) is 8.32. The molecule has 1 aliphatic rings. The summed E-state index contributed by atoms with van der Waals surface area (Å²) in [6.07, 6.45) is 3.91. The molecule has 0 aliphatic carbocycles. The lowest BCUT2D eigenvalue weighted by Crippen LogP contribution is -2.31. The summed E-state index contributed by atoms with van der Waals surface area (Å²) in [6, 6.07) is 4.19. The summed E-state index contributed by atoms with van der Waals surface area (Å²) in [5.74, 6) is -0.0999. The molecule has 4 rings (SSSR count). The van der Waals surface area contributed by atoms with Crippen molar-refractivity contribution in [2.24, 2.45) is 0 Å². The molecular formula is C21H26N4O2S. The SMILES string of the molecule is Cc1cc(-c2cc(C(=O)NCC3CCCO3)c3cnn(C(C)C)c3n2)c(C)s1. The third-order valence-corrected chi connectivity index (χ3v) is 6.10. The van der Waals surface area contributed by atoms with Gasteiger partial charge in [-0.25, -0.2) is 9.67 Å². The lowest BCUT2D eigenvalue weighted by atomic mass is 10.1. The molecule has 6 nitrogen and oxygen atoms in total. The number of hydrogen-bond acceptors (Lipinski definition) is 5. The maximum absolute atomic E-state index is 13.0. The van der Waals surface area contributed by atoms with E-state index in [0.29, 0.717) is 12.1 Å². The molecule has 0 bridgehead atoms. The van der Waals surface area contributed by atoms with E-state index in [2.05, 4.69) is 44.2 Å². The highest BCUT2D eigenvalue weighted by molar-refractivity contribution is 7.12. The first-order chi connectivity index (χ1) is 13.4. The molecule has 0 spiro atoms. The second-order valence-electron chi connectivity index (χ2n) is 7.65. The van der Waals surface area contributed by atoms with Gasteiger partial charge >= 0.3 is 0 Å². The minimum Gasteiger partial charge on any atom is -0.376 e. The number of fused-ring (bicyclic) bond motifs is 1. The van der Waals surface area contributed by atoms with Crippen LogP contribution in [0.3, 0.4) is 0 Å². The number of nitrogens with zero attached hydrogens (tertiary/aromatic N) is 3. The van der Waals surface area contributed by atoms with Gasteiger partial charge in [0.2, 0.25) is 0 Å². The highest BCUT2D eigenvalue weighted by atomic mass is 32.1. The van der Waals surface area contributed by atoms with Gasteiger partial charge in [-0.3, -0.25) is 4.79 Å². The Morgan fingerprint density at radius 3 is 2.86 bits per heavy atom. The van der Waals surface area contributed by atoms with E-state index >= 15 is 0 Å². The van der Waals surface area contributed by atoms with Gasteiger partial charge in [0.05, 0.1) is 28.9 Å². The van der Waals surface area contributed by atoms with Crippen molar-refractivity contribution in [2.75, 3.05) is 13.2 Å². The minimum atomic E-state index is -0.0999. The molecule has 148 valence electrons. The van der Waals surface area contributed by atoms with Gasteiger partial charge in [0, 0.05) is 34.5 Å². The predicted molar refractivity (Wildman–Crippen MR) is 112 cm³/mol. The van der Waals surface area contributed by atoms with Crippen LogP contribution in [0.2, 0.25) is 0 Å². The van der Waals surface area contributed by atoms with Gasteiger partial charge in [0.1, 0.15) is 0 Å². The Bertz CT molecular complexity index is 1020. The molecular weight excluding hydrogens is 372 g/mol. The van der Waals surface area contributed by atoms with Crippen LogP contribution in [0.1, 0.15) is 52.8 Å². The molecule has 3 aromatic rings. The van der Waals surface area contributed by atoms with Crippen LogP contribution in [0.4, 0.5) is 0 Å². The van der Waals surface area contributed by atoms with Crippen LogP contribution < -0.4 is 5.32 Å². The zero-order valence-electron chi connectivity index (χ0n) is 16.8. The van der Waals surface area contributed by atoms with E-state index in [9.17, 15) is 4.79 Å². The van der Waals surface area contributed by atoms with Crippen molar-refractivity contribution in [3.05, 3.63) is 33.6 Å². The first-order valence-corrected chi connectivity index (χ1v) is 10.6. The number of ether oxygens (including phenoxy) is 1. The largest absolute Gasteiger partial charge is 0.376 e. The fourth-order valence-electron chi connectivity index (χ4n) is 3.71. The quantitative estimate of drug-likeness (QED) is 0.697. The zero-order valence-corrected chi connectivity index (χ0v) is 17.6. The highest BCUT2D eigenvalue weighted by Gasteiger charge is 2.21. The van der Waals surface area contributed by atoms with E-state index in [1.54, 1.807) is 17.5 Å². The van der Waals surface area contributed by atoms with Crippen molar-refractivity contribution in [1.82, 2.24) is 20.1 Å². The number of carbonyl (C=O) groups is 1. The number of nitrogens with one attached hydrogen (secondary N) is 1. The Balaban J connectivity index is 1.77. The van der Waals surface area contributed by atoms with Crippen LogP contribution in [0.15, 0.2) is 18.3 Å². The van der Waals surface area contributed by atoms with Gasteiger partial charge < -0.3 is 10.1 Å². The van der Waals surface area contributed by atoms with Crippen LogP contribution >= 0.6 is 11.3 Å². The number of hydrogen-bond donors (Lipinski definition) is 1. The van der Waals surface area contributed by atoms with Crippen LogP contribution in [0.25, 0.3) is 22.3 Å². The van der Waals surface area contributed by atoms with E-state index < -0.39 is 0 Å². The van der Waals surface area contributed by atoms with Gasteiger partial charge in [-0.1, -0.05) is 0 Å². The monoisotopic (exact) mass is 398 g/mol. The fourth-order valence-corrected chi connectivity index (χ4v) is 4.65. The van der Waals surface area contributed by atoms with Gasteiger partial charge in [-0.05, 0) is 52.7 Å². The highest BCUT2D eigenvalue weighted by Crippen LogP contribution is 2.32. The topological polar surface area (TPSA) is 69.0 Å². The average molecular weight is 399 g/mol. The van der Waals surface area contributed by atoms with Crippen molar-refractivity contribution in [1.29, 1.82) is 0 Å². The van der Waals surface area contributed by atoms with Gasteiger partial charge in [0.15, 0.2) is 5.65 Å². The molecule has 1 saturated heterocycles. The molecule has 4 heterocycles. The maximum Gasteiger partial charge on any atom is 0.252 e. The number of pyridine rings is 1. The standard InChI is InChI=1S/C21H26N4O2S/c1-12(2)25-20-18(11-23-25)17(21(26)22-10-15-6-5-7-27-15)9-19(24-20)16-8-13(3)28-14(16)4/h8-9,11-12,15H,5-7,10H2,1-4H3,(H,22,26). The van der Waals surface area contributed by atoms with E-state index in [0.717, 1.165) is 41.7 Å². The smallest absolute Gasteiger partial charge is 0.252 e. The molecule has 1 amide bonds. The average Bonchev–Trinajstić information content (AvgIpc) is 3.38. The predicted octanol–water partition coefficient (Wildman–Crippen LogP) is 4.27. The minimum absolute atomic E-state index is 0.0999. The molecule has 1 unspecified atom stereocenters. The Morgan fingerprint density at radius 1 is 1.39 bits per heavy atom. The number of rotatable bonds is 5. The summed E-state index contributed by atoms with van der Waals surface area (Å²) in [5.41, 5.74) is 3.26. The Labute approximate surface area is 168 Å². The normalized spacial score (nSPS) is 17.0. The molecule has 1 fully saturated rings. The molecule has 0 radical (unpaired) electrons. The molecule has 1 aliphatic heterocycles. The van der Waals surface area contributed by atoms with Gasteiger partial charge in [0.25, 0.3) is 5.91 Å². The lowest BCUT2D eigenvalue weighted by molar-refractivity contribution is 0.0859. The van der Waals surface area contributed by atoms with Crippen molar-refractivity contribution < 1.29 is 9.53 Å². The van der Waals surface area contributed by atoms with E-state index in [4.69, 9.17) is 9.72 Å². The summed E-state index contributed by atoms with van der Waals surface area (Å²) >= 11 is 1.74. The van der Waals surface area contributed by atoms with E-state index in [1.165, 1.54) is 9.75 Å². The van der Waals surface area contributed by atoms with Gasteiger partial charge in [-0.2, -0.15) is 5.10 Å². The maximum atomic E-state index is 13.0. The third kappa shape index (κ3) is 3.56. The van der Waals surface area contributed by atoms with Gasteiger partial charge in [-0.15, -0.1) is 11.3 Å². The number of aromatic nitrogens is 3. The molecule has 0 saturated carbocycles. The summed E-state index contributed by atoms with van der Waals surface area (Å²) in [6.45, 7) is 9.63. The second-order valence-corrected chi connectivity index (χ2v) is 9.11. The summed E-state index contributed by atoms with van der Waals surface area (Å²) in [7, 11) is 0. The van der Waals surface area contributed by atoms with E-state index in [-0.39, 0.29) is 18.1 Å². The van der Waals surface area contributed by atoms with E-state index in [1.807, 2.05) is 10.7 Å². The zero-order chi connectivity index (χ0) is 19.8. The lowest BCUT2D eigenvalue weighted by Gasteiger charge is -2.13. The van der Waals surface area contributed by atoms with Crippen molar-refractivity contribution in [3.63, 3.8) is 0 Å². The number of thiophene rings is 1. The fraction of sp³-hybridized carbons (Fsp3) is 0.476. The van der Waals surface area contributed by atoms with Crippen LogP contribution in [0.5, 0.6) is 0 Å². The molecule has 3 aromatic heterocycles. The van der Waals surface area contributed by atoms with Crippen molar-refractivity contribution in [3.8, 4) is 11.3 Å². The summed E-state index contributed by atoms with van der Waals surface area (Å²) < 4.78 is 7.51. The summed E-state index contributed by atoms with van der Waals surface area (Å²) in [4.78, 5) is 20.4. The first kappa shape index (κ1) is 19.1. The number of aryl methyl sites for hydroxylation is 2. The molecule has 1 N–H and O–H groups in total. The molecule has 28 heavy (non-hydrogen) atoms. The van der Waals surface area contributed by atoms with Crippen molar-refractivity contribution >= 4 is 28.3 Å². The Hall–Kier alpha value is -2.25. The van der Waals surface area contributed by atoms with Crippen LogP contribution in [-0.4, -0.2) is 39.9 Å². The molecule has 7 heteroatoms. The first-order valence-electron chi connectivity index (χ1n) is 9.79. The Kier molecular flexibility index (Phi) is 5.21. The number of amides is 1. The van der Waals surface area contributed by atoms with Crippen molar-refractivity contribution in [2.45, 2.75) is 52.7 Å². The van der Waals surface area contributed by atoms with Crippen LogP contribution in [-0.2, 0) is 4.74 Å². The Morgan fingerprint density at radius 2 is 2.21 bits per heavy atom. The molecule has 1 atom stereocenters. The third-order valence-electron chi connectivity index (χ3n) is 5.13.